The van der Waals surface area contributed by atoms with E-state index in [0.29, 0.717) is 0 Å². The molecule has 0 aliphatic carbocycles. The van der Waals surface area contributed by atoms with Crippen molar-refractivity contribution in [1.29, 1.82) is 0 Å². The quantitative estimate of drug-likeness (QED) is 0.646. The molecule has 80 valence electrons. The van der Waals surface area contributed by atoms with Gasteiger partial charge in [0.25, 0.3) is 5.91 Å². The number of carbonyl (C=O) groups is 1. The van der Waals surface area contributed by atoms with Gasteiger partial charge < -0.3 is 15.4 Å². The van der Waals surface area contributed by atoms with Gasteiger partial charge in [0.15, 0.2) is 6.61 Å². The van der Waals surface area contributed by atoms with E-state index in [2.05, 4.69) is 26.6 Å². The van der Waals surface area contributed by atoms with Crippen molar-refractivity contribution in [2.24, 2.45) is 0 Å². The van der Waals surface area contributed by atoms with Gasteiger partial charge >= 0.3 is 0 Å². The molecular formula is C10H11BrN2O2. The normalized spacial score (nSPS) is 14.1. The monoisotopic (exact) mass is 270 g/mol. The third kappa shape index (κ3) is 2.49. The second-order valence-corrected chi connectivity index (χ2v) is 3.79. The Hall–Kier alpha value is -1.07. The Morgan fingerprint density at radius 1 is 1.53 bits per heavy atom. The topological polar surface area (TPSA) is 50.4 Å². The molecular weight excluding hydrogens is 260 g/mol. The van der Waals surface area contributed by atoms with Crippen molar-refractivity contribution < 1.29 is 9.53 Å². The number of benzene rings is 1. The van der Waals surface area contributed by atoms with Crippen LogP contribution in [-0.4, -0.2) is 18.0 Å². The fourth-order valence-corrected chi connectivity index (χ4v) is 1.63. The second kappa shape index (κ2) is 4.63. The number of halogens is 1. The lowest BCUT2D eigenvalue weighted by atomic mass is 10.1. The van der Waals surface area contributed by atoms with Gasteiger partial charge in [0, 0.05) is 6.54 Å². The smallest absolute Gasteiger partial charge is 0.262 e. The van der Waals surface area contributed by atoms with Crippen molar-refractivity contribution in [2.45, 2.75) is 6.54 Å². The highest BCUT2D eigenvalue weighted by Gasteiger charge is 2.15. The molecule has 1 aromatic carbocycles. The molecule has 5 heteroatoms. The Morgan fingerprint density at radius 3 is 3.20 bits per heavy atom. The summed E-state index contributed by atoms with van der Waals surface area (Å²) in [7, 11) is 0. The van der Waals surface area contributed by atoms with E-state index >= 15 is 0 Å². The molecule has 0 fully saturated rings. The van der Waals surface area contributed by atoms with Gasteiger partial charge in [0.1, 0.15) is 5.75 Å². The molecule has 0 atom stereocenters. The van der Waals surface area contributed by atoms with E-state index in [1.165, 1.54) is 0 Å². The summed E-state index contributed by atoms with van der Waals surface area (Å²) in [6, 6.07) is 5.77. The van der Waals surface area contributed by atoms with Crippen molar-refractivity contribution >= 4 is 27.5 Å². The Kier molecular flexibility index (Phi) is 3.23. The molecule has 1 aromatic rings. The Bertz CT molecular complexity index is 382. The second-order valence-electron chi connectivity index (χ2n) is 3.23. The lowest BCUT2D eigenvalue weighted by Gasteiger charge is -2.18. The number of nitrogens with one attached hydrogen (secondary N) is 2. The van der Waals surface area contributed by atoms with Crippen LogP contribution in [0.4, 0.5) is 5.69 Å². The van der Waals surface area contributed by atoms with Crippen molar-refractivity contribution in [1.82, 2.24) is 5.32 Å². The van der Waals surface area contributed by atoms with Gasteiger partial charge in [-0.25, -0.2) is 0 Å². The highest BCUT2D eigenvalue weighted by Crippen LogP contribution is 2.28. The zero-order chi connectivity index (χ0) is 10.7. The molecule has 0 bridgehead atoms. The van der Waals surface area contributed by atoms with Crippen molar-refractivity contribution in [2.75, 3.05) is 17.4 Å². The molecule has 0 saturated heterocycles. The summed E-state index contributed by atoms with van der Waals surface area (Å²) in [5.41, 5.74) is 2.60. The van der Waals surface area contributed by atoms with E-state index in [1.54, 1.807) is 0 Å². The summed E-state index contributed by atoms with van der Waals surface area (Å²) in [5.74, 6) is 0.630. The molecule has 0 radical (unpaired) electrons. The van der Waals surface area contributed by atoms with Crippen LogP contribution < -0.4 is 15.4 Å². The lowest BCUT2D eigenvalue weighted by molar-refractivity contribution is -0.118. The van der Waals surface area contributed by atoms with Gasteiger partial charge in [-0.1, -0.05) is 22.0 Å². The first-order valence-electron chi connectivity index (χ1n) is 4.62. The average Bonchev–Trinajstić information content (AvgIpc) is 2.25. The van der Waals surface area contributed by atoms with Gasteiger partial charge in [-0.3, -0.25) is 4.79 Å². The van der Waals surface area contributed by atoms with E-state index in [1.807, 2.05) is 18.2 Å². The van der Waals surface area contributed by atoms with Crippen LogP contribution in [0.25, 0.3) is 0 Å². The summed E-state index contributed by atoms with van der Waals surface area (Å²) >= 11 is 3.29. The summed E-state index contributed by atoms with van der Waals surface area (Å²) in [4.78, 5) is 11.1. The van der Waals surface area contributed by atoms with Crippen LogP contribution in [0.2, 0.25) is 0 Å². The number of amides is 1. The van der Waals surface area contributed by atoms with E-state index in [0.717, 1.165) is 29.0 Å². The molecule has 15 heavy (non-hydrogen) atoms. The van der Waals surface area contributed by atoms with Crippen LogP contribution in [0.3, 0.4) is 0 Å². The van der Waals surface area contributed by atoms with Crippen LogP contribution in [-0.2, 0) is 11.3 Å². The number of fused-ring (bicyclic) bond motifs is 1. The number of hydrogen-bond acceptors (Lipinski definition) is 3. The maximum absolute atomic E-state index is 11.1. The van der Waals surface area contributed by atoms with Crippen LogP contribution in [0, 0.1) is 0 Å². The number of hydrogen-bond donors (Lipinski definition) is 2. The predicted octanol–water partition coefficient (Wildman–Crippen LogP) is 1.46. The number of carbonyl (C=O) groups excluding carboxylic acids is 1. The summed E-state index contributed by atoms with van der Waals surface area (Å²) in [5, 5.41) is 5.92. The minimum absolute atomic E-state index is 0.103. The number of ether oxygens (including phenoxy) is 1. The molecule has 4 nitrogen and oxygen atoms in total. The first-order chi connectivity index (χ1) is 7.29. The molecule has 0 unspecified atom stereocenters. The summed E-state index contributed by atoms with van der Waals surface area (Å²) < 4.78 is 5.25. The standard InChI is InChI=1S/C10H11BrN2O2/c11-6-12-4-7-1-2-9-8(3-7)13-10(14)5-15-9/h1-3,12H,4-6H2,(H,13,14). The van der Waals surface area contributed by atoms with Crippen LogP contribution in [0.15, 0.2) is 18.2 Å². The maximum atomic E-state index is 11.1. The minimum atomic E-state index is -0.104. The van der Waals surface area contributed by atoms with Gasteiger partial charge in [0.2, 0.25) is 0 Å². The van der Waals surface area contributed by atoms with Crippen LogP contribution >= 0.6 is 15.9 Å². The third-order valence-electron chi connectivity index (χ3n) is 2.10. The van der Waals surface area contributed by atoms with Crippen molar-refractivity contribution in [3.05, 3.63) is 23.8 Å². The molecule has 0 aromatic heterocycles. The Balaban J connectivity index is 2.17. The van der Waals surface area contributed by atoms with E-state index in [4.69, 9.17) is 4.74 Å². The largest absolute Gasteiger partial charge is 0.482 e. The molecule has 0 spiro atoms. The Morgan fingerprint density at radius 2 is 2.40 bits per heavy atom. The maximum Gasteiger partial charge on any atom is 0.262 e. The molecule has 1 amide bonds. The number of anilines is 1. The SMILES string of the molecule is O=C1COc2ccc(CNCBr)cc2N1. The van der Waals surface area contributed by atoms with Crippen LogP contribution in [0.5, 0.6) is 5.75 Å². The average molecular weight is 271 g/mol. The summed E-state index contributed by atoms with van der Waals surface area (Å²) in [6.45, 7) is 0.862. The first kappa shape index (κ1) is 10.4. The fraction of sp³-hybridized carbons (Fsp3) is 0.300. The zero-order valence-electron chi connectivity index (χ0n) is 8.05. The van der Waals surface area contributed by atoms with Crippen molar-refractivity contribution in [3.63, 3.8) is 0 Å². The number of alkyl halides is 1. The fourth-order valence-electron chi connectivity index (χ4n) is 1.43. The lowest BCUT2D eigenvalue weighted by Crippen LogP contribution is -2.25. The van der Waals surface area contributed by atoms with Crippen LogP contribution in [0.1, 0.15) is 5.56 Å². The molecule has 1 heterocycles. The van der Waals surface area contributed by atoms with E-state index < -0.39 is 0 Å². The Labute approximate surface area is 96.1 Å². The predicted molar refractivity (Wildman–Crippen MR) is 61.2 cm³/mol. The van der Waals surface area contributed by atoms with Gasteiger partial charge in [0.05, 0.1) is 11.1 Å². The van der Waals surface area contributed by atoms with Gasteiger partial charge in [-0.2, -0.15) is 0 Å². The number of rotatable bonds is 3. The van der Waals surface area contributed by atoms with E-state index in [9.17, 15) is 4.79 Å². The molecule has 2 N–H and O–H groups in total. The van der Waals surface area contributed by atoms with Gasteiger partial charge in [-0.05, 0) is 17.7 Å². The molecule has 1 aliphatic heterocycles. The third-order valence-corrected chi connectivity index (χ3v) is 2.50. The minimum Gasteiger partial charge on any atom is -0.482 e. The highest BCUT2D eigenvalue weighted by molar-refractivity contribution is 9.09. The zero-order valence-corrected chi connectivity index (χ0v) is 9.63. The molecule has 1 aliphatic rings. The highest BCUT2D eigenvalue weighted by atomic mass is 79.9. The van der Waals surface area contributed by atoms with E-state index in [-0.39, 0.29) is 12.5 Å². The summed E-state index contributed by atoms with van der Waals surface area (Å²) in [6.07, 6.45) is 0. The first-order valence-corrected chi connectivity index (χ1v) is 5.74. The molecule has 0 saturated carbocycles. The molecule has 2 rings (SSSR count). The van der Waals surface area contributed by atoms with Crippen molar-refractivity contribution in [3.8, 4) is 5.75 Å². The van der Waals surface area contributed by atoms with Gasteiger partial charge in [-0.15, -0.1) is 0 Å².